The first-order valence-electron chi connectivity index (χ1n) is 4.20. The molecule has 1 N–H and O–H groups in total. The molecule has 0 aliphatic rings. The third-order valence-corrected chi connectivity index (χ3v) is 2.25. The second-order valence-corrected chi connectivity index (χ2v) is 3.30. The summed E-state index contributed by atoms with van der Waals surface area (Å²) in [5, 5.41) is 13.6. The third-order valence-electron chi connectivity index (χ3n) is 1.95. The molecule has 0 unspecified atom stereocenters. The molecule has 0 aliphatic carbocycles. The van der Waals surface area contributed by atoms with E-state index in [2.05, 4.69) is 5.10 Å². The summed E-state index contributed by atoms with van der Waals surface area (Å²) in [4.78, 5) is 0. The molecule has 14 heavy (non-hydrogen) atoms. The highest BCUT2D eigenvalue weighted by Crippen LogP contribution is 2.21. The lowest BCUT2D eigenvalue weighted by atomic mass is 10.2. The van der Waals surface area contributed by atoms with Crippen LogP contribution in [0.2, 0.25) is 5.02 Å². The van der Waals surface area contributed by atoms with Crippen molar-refractivity contribution < 1.29 is 5.11 Å². The summed E-state index contributed by atoms with van der Waals surface area (Å²) in [7, 11) is 0. The van der Waals surface area contributed by atoms with Crippen molar-refractivity contribution in [2.24, 2.45) is 0 Å². The van der Waals surface area contributed by atoms with Gasteiger partial charge in [0, 0.05) is 12.4 Å². The Morgan fingerprint density at radius 1 is 1.43 bits per heavy atom. The van der Waals surface area contributed by atoms with Crippen molar-refractivity contribution >= 4 is 11.6 Å². The van der Waals surface area contributed by atoms with Gasteiger partial charge in [0.05, 0.1) is 17.3 Å². The molecule has 0 saturated heterocycles. The van der Waals surface area contributed by atoms with Crippen LogP contribution in [-0.2, 0) is 6.61 Å². The fourth-order valence-corrected chi connectivity index (χ4v) is 1.54. The van der Waals surface area contributed by atoms with Gasteiger partial charge in [0.15, 0.2) is 0 Å². The second kappa shape index (κ2) is 3.82. The average molecular weight is 209 g/mol. The summed E-state index contributed by atoms with van der Waals surface area (Å²) in [6.45, 7) is -0.000886. The van der Waals surface area contributed by atoms with E-state index in [-0.39, 0.29) is 6.61 Å². The molecule has 3 nitrogen and oxygen atoms in total. The van der Waals surface area contributed by atoms with E-state index >= 15 is 0 Å². The van der Waals surface area contributed by atoms with Crippen LogP contribution in [0.25, 0.3) is 5.69 Å². The van der Waals surface area contributed by atoms with Crippen molar-refractivity contribution in [1.29, 1.82) is 0 Å². The molecule has 0 aliphatic heterocycles. The van der Waals surface area contributed by atoms with Gasteiger partial charge in [0.1, 0.15) is 0 Å². The van der Waals surface area contributed by atoms with E-state index in [0.717, 1.165) is 11.3 Å². The number of aliphatic hydroxyl groups excluding tert-OH is 1. The highest BCUT2D eigenvalue weighted by molar-refractivity contribution is 6.32. The Morgan fingerprint density at radius 3 is 2.86 bits per heavy atom. The molecule has 0 amide bonds. The summed E-state index contributed by atoms with van der Waals surface area (Å²) in [6.07, 6.45) is 3.51. The Balaban J connectivity index is 2.46. The topological polar surface area (TPSA) is 38.0 Å². The van der Waals surface area contributed by atoms with Gasteiger partial charge < -0.3 is 5.11 Å². The van der Waals surface area contributed by atoms with Crippen molar-refractivity contribution in [1.82, 2.24) is 9.78 Å². The lowest BCUT2D eigenvalue weighted by Gasteiger charge is -2.05. The SMILES string of the molecule is OCc1ccc(-n2cccn2)c(Cl)c1. The van der Waals surface area contributed by atoms with Gasteiger partial charge in [0.25, 0.3) is 0 Å². The third kappa shape index (κ3) is 1.64. The molecular formula is C10H9ClN2O. The number of hydrogen-bond donors (Lipinski definition) is 1. The summed E-state index contributed by atoms with van der Waals surface area (Å²) >= 11 is 6.03. The van der Waals surface area contributed by atoms with E-state index in [0.29, 0.717) is 5.02 Å². The highest BCUT2D eigenvalue weighted by atomic mass is 35.5. The van der Waals surface area contributed by atoms with Crippen LogP contribution in [0, 0.1) is 0 Å². The number of aliphatic hydroxyl groups is 1. The van der Waals surface area contributed by atoms with Crippen LogP contribution in [-0.4, -0.2) is 14.9 Å². The van der Waals surface area contributed by atoms with Gasteiger partial charge in [-0.05, 0) is 23.8 Å². The summed E-state index contributed by atoms with van der Waals surface area (Å²) in [6, 6.07) is 7.22. The quantitative estimate of drug-likeness (QED) is 0.820. The zero-order valence-corrected chi connectivity index (χ0v) is 8.15. The van der Waals surface area contributed by atoms with Crippen LogP contribution in [0.5, 0.6) is 0 Å². The molecule has 2 rings (SSSR count). The first-order valence-corrected chi connectivity index (χ1v) is 4.58. The highest BCUT2D eigenvalue weighted by Gasteiger charge is 2.03. The normalized spacial score (nSPS) is 10.4. The van der Waals surface area contributed by atoms with Gasteiger partial charge in [-0.15, -0.1) is 0 Å². The number of nitrogens with zero attached hydrogens (tertiary/aromatic N) is 2. The predicted molar refractivity (Wildman–Crippen MR) is 54.5 cm³/mol. The molecule has 0 saturated carbocycles. The molecular weight excluding hydrogens is 200 g/mol. The van der Waals surface area contributed by atoms with E-state index in [1.807, 2.05) is 24.4 Å². The van der Waals surface area contributed by atoms with Crippen LogP contribution < -0.4 is 0 Å². The Kier molecular flexibility index (Phi) is 2.52. The van der Waals surface area contributed by atoms with E-state index in [1.165, 1.54) is 0 Å². The van der Waals surface area contributed by atoms with E-state index in [1.54, 1.807) is 16.9 Å². The zero-order valence-electron chi connectivity index (χ0n) is 7.39. The number of benzene rings is 1. The fourth-order valence-electron chi connectivity index (χ4n) is 1.25. The van der Waals surface area contributed by atoms with Gasteiger partial charge in [-0.1, -0.05) is 17.7 Å². The van der Waals surface area contributed by atoms with E-state index < -0.39 is 0 Å². The zero-order chi connectivity index (χ0) is 9.97. The largest absolute Gasteiger partial charge is 0.392 e. The maximum Gasteiger partial charge on any atom is 0.0831 e. The molecule has 1 heterocycles. The first-order chi connectivity index (χ1) is 6.81. The number of hydrogen-bond acceptors (Lipinski definition) is 2. The molecule has 4 heteroatoms. The molecule has 0 spiro atoms. The maximum atomic E-state index is 8.90. The minimum absolute atomic E-state index is 0.000886. The van der Waals surface area contributed by atoms with Crippen molar-refractivity contribution in [3.8, 4) is 5.69 Å². The molecule has 1 aromatic heterocycles. The van der Waals surface area contributed by atoms with E-state index in [9.17, 15) is 0 Å². The van der Waals surface area contributed by atoms with Gasteiger partial charge in [-0.25, -0.2) is 4.68 Å². The van der Waals surface area contributed by atoms with Crippen molar-refractivity contribution in [2.75, 3.05) is 0 Å². The molecule has 0 fully saturated rings. The Labute approximate surface area is 86.6 Å². The smallest absolute Gasteiger partial charge is 0.0831 e. The Bertz CT molecular complexity index is 426. The molecule has 0 radical (unpaired) electrons. The van der Waals surface area contributed by atoms with Crippen molar-refractivity contribution in [3.05, 3.63) is 47.2 Å². The summed E-state index contributed by atoms with van der Waals surface area (Å²) in [5.41, 5.74) is 1.61. The monoisotopic (exact) mass is 208 g/mol. The molecule has 1 aromatic carbocycles. The number of halogens is 1. The maximum absolute atomic E-state index is 8.90. The average Bonchev–Trinajstić information content (AvgIpc) is 2.70. The fraction of sp³-hybridized carbons (Fsp3) is 0.100. The van der Waals surface area contributed by atoms with Gasteiger partial charge in [-0.2, -0.15) is 5.10 Å². The first kappa shape index (κ1) is 9.24. The lowest BCUT2D eigenvalue weighted by Crippen LogP contribution is -1.96. The van der Waals surface area contributed by atoms with Crippen LogP contribution in [0.3, 0.4) is 0 Å². The van der Waals surface area contributed by atoms with Crippen LogP contribution in [0.15, 0.2) is 36.7 Å². The van der Waals surface area contributed by atoms with Crippen LogP contribution >= 0.6 is 11.6 Å². The van der Waals surface area contributed by atoms with Crippen LogP contribution in [0.4, 0.5) is 0 Å². The van der Waals surface area contributed by atoms with Gasteiger partial charge in [0.2, 0.25) is 0 Å². The number of rotatable bonds is 2. The van der Waals surface area contributed by atoms with Crippen molar-refractivity contribution in [2.45, 2.75) is 6.61 Å². The minimum Gasteiger partial charge on any atom is -0.392 e. The standard InChI is InChI=1S/C10H9ClN2O/c11-9-6-8(7-14)2-3-10(9)13-5-1-4-12-13/h1-6,14H,7H2. The number of aromatic nitrogens is 2. The van der Waals surface area contributed by atoms with Crippen LogP contribution in [0.1, 0.15) is 5.56 Å². The molecule has 2 aromatic rings. The molecule has 0 atom stereocenters. The Hall–Kier alpha value is -1.32. The minimum atomic E-state index is -0.000886. The summed E-state index contributed by atoms with van der Waals surface area (Å²) in [5.74, 6) is 0. The molecule has 0 bridgehead atoms. The van der Waals surface area contributed by atoms with E-state index in [4.69, 9.17) is 16.7 Å². The second-order valence-electron chi connectivity index (χ2n) is 2.89. The lowest BCUT2D eigenvalue weighted by molar-refractivity contribution is 0.282. The molecule has 72 valence electrons. The van der Waals surface area contributed by atoms with Gasteiger partial charge >= 0.3 is 0 Å². The predicted octanol–water partition coefficient (Wildman–Crippen LogP) is 2.02. The summed E-state index contributed by atoms with van der Waals surface area (Å²) < 4.78 is 1.68. The van der Waals surface area contributed by atoms with Crippen molar-refractivity contribution in [3.63, 3.8) is 0 Å². The van der Waals surface area contributed by atoms with Gasteiger partial charge in [-0.3, -0.25) is 0 Å². The Morgan fingerprint density at radius 2 is 2.29 bits per heavy atom.